The molecule has 0 heterocycles. The predicted molar refractivity (Wildman–Crippen MR) is 77.6 cm³/mol. The van der Waals surface area contributed by atoms with Gasteiger partial charge < -0.3 is 24.8 Å². The Labute approximate surface area is 147 Å². The van der Waals surface area contributed by atoms with Gasteiger partial charge in [0.15, 0.2) is 0 Å². The minimum absolute atomic E-state index is 0. The fourth-order valence-corrected chi connectivity index (χ4v) is 5.14. The van der Waals surface area contributed by atoms with Crippen LogP contribution in [0.5, 0.6) is 0 Å². The average molecular weight is 349 g/mol. The molecule has 21 heavy (non-hydrogen) atoms. The molecule has 0 atom stereocenters. The van der Waals surface area contributed by atoms with Crippen molar-refractivity contribution in [2.45, 2.75) is 12.8 Å². The van der Waals surface area contributed by atoms with Crippen LogP contribution in [-0.2, 0) is 32.0 Å². The van der Waals surface area contributed by atoms with Crippen LogP contribution in [0.25, 0.3) is 12.2 Å². The largest absolute Gasteiger partial charge is 1.00 e. The SMILES string of the molecule is C1=Cc2c(ccc[c]2[Ti+2][c]2cccc3c2C=CC3)C1.[Cl-].[Cl-]. The molecular weight excluding hydrogens is 335 g/mol. The topological polar surface area (TPSA) is 0 Å². The summed E-state index contributed by atoms with van der Waals surface area (Å²) in [6.45, 7) is 0. The maximum atomic E-state index is 2.33. The molecule has 104 valence electrons. The van der Waals surface area contributed by atoms with Crippen LogP contribution in [0.1, 0.15) is 22.3 Å². The van der Waals surface area contributed by atoms with E-state index < -0.39 is 0 Å². The summed E-state index contributed by atoms with van der Waals surface area (Å²) in [6, 6.07) is 13.6. The fraction of sp³-hybridized carbons (Fsp3) is 0.111. The first-order chi connectivity index (χ1) is 9.42. The standard InChI is InChI=1S/2C9H7.2ClH.Ti/c2*1-2-5-9-7-3-6-8(9)4-1;;;/h2*1-4,7H,6H2;2*1H;/q;;;;+2/p-2. The number of allylic oxidation sites excluding steroid dienone is 2. The molecule has 3 heteroatoms. The third-order valence-electron chi connectivity index (χ3n) is 3.91. The summed E-state index contributed by atoms with van der Waals surface area (Å²) in [5.74, 6) is 0. The van der Waals surface area contributed by atoms with E-state index in [0.29, 0.717) is 0 Å². The van der Waals surface area contributed by atoms with Gasteiger partial charge >= 0.3 is 123 Å². The number of halogens is 2. The van der Waals surface area contributed by atoms with Crippen LogP contribution >= 0.6 is 0 Å². The summed E-state index contributed by atoms with van der Waals surface area (Å²) in [5, 5.41) is 0. The van der Waals surface area contributed by atoms with Gasteiger partial charge in [0.05, 0.1) is 0 Å². The second kappa shape index (κ2) is 6.98. The second-order valence-electron chi connectivity index (χ2n) is 5.09. The van der Waals surface area contributed by atoms with Crippen molar-refractivity contribution in [2.75, 3.05) is 0 Å². The van der Waals surface area contributed by atoms with Crippen molar-refractivity contribution in [3.63, 3.8) is 0 Å². The van der Waals surface area contributed by atoms with E-state index in [1.54, 1.807) is 7.74 Å². The molecule has 0 saturated carbocycles. The third-order valence-corrected chi connectivity index (χ3v) is 6.11. The monoisotopic (exact) mass is 348 g/mol. The first-order valence-electron chi connectivity index (χ1n) is 6.76. The molecule has 2 aromatic carbocycles. The molecule has 0 nitrogen and oxygen atoms in total. The van der Waals surface area contributed by atoms with Gasteiger partial charge in [-0.25, -0.2) is 0 Å². The number of hydrogen-bond acceptors (Lipinski definition) is 0. The third kappa shape index (κ3) is 3.05. The van der Waals surface area contributed by atoms with Crippen molar-refractivity contribution in [2.24, 2.45) is 0 Å². The van der Waals surface area contributed by atoms with E-state index in [-0.39, 0.29) is 44.0 Å². The number of fused-ring (bicyclic) bond motifs is 2. The summed E-state index contributed by atoms with van der Waals surface area (Å²) in [7, 11) is 0. The van der Waals surface area contributed by atoms with Crippen molar-refractivity contribution in [1.82, 2.24) is 0 Å². The van der Waals surface area contributed by atoms with Gasteiger partial charge in [0, 0.05) is 0 Å². The fourth-order valence-electron chi connectivity index (χ4n) is 2.95. The summed E-state index contributed by atoms with van der Waals surface area (Å²) >= 11 is -0.237. The Morgan fingerprint density at radius 2 is 1.14 bits per heavy atom. The first-order valence-corrected chi connectivity index (χ1v) is 8.32. The zero-order valence-electron chi connectivity index (χ0n) is 11.4. The molecule has 2 aromatic rings. The Morgan fingerprint density at radius 3 is 1.62 bits per heavy atom. The Bertz CT molecular complexity index is 656. The van der Waals surface area contributed by atoms with E-state index in [0.717, 1.165) is 12.8 Å². The normalized spacial score (nSPS) is 13.0. The zero-order chi connectivity index (χ0) is 12.7. The van der Waals surface area contributed by atoms with Gasteiger partial charge in [-0.2, -0.15) is 0 Å². The van der Waals surface area contributed by atoms with Crippen molar-refractivity contribution >= 4 is 19.9 Å². The van der Waals surface area contributed by atoms with Gasteiger partial charge in [0.1, 0.15) is 0 Å². The van der Waals surface area contributed by atoms with Crippen LogP contribution in [0.2, 0.25) is 0 Å². The van der Waals surface area contributed by atoms with Gasteiger partial charge in [-0.3, -0.25) is 0 Å². The molecule has 0 unspecified atom stereocenters. The van der Waals surface area contributed by atoms with Crippen LogP contribution in [0.3, 0.4) is 0 Å². The molecule has 0 aliphatic heterocycles. The molecule has 0 N–H and O–H groups in total. The number of hydrogen-bond donors (Lipinski definition) is 0. The molecule has 0 spiro atoms. The summed E-state index contributed by atoms with van der Waals surface area (Å²) in [5.41, 5.74) is 6.01. The summed E-state index contributed by atoms with van der Waals surface area (Å²) < 4.78 is 3.17. The molecule has 0 amide bonds. The van der Waals surface area contributed by atoms with E-state index in [4.69, 9.17) is 0 Å². The maximum absolute atomic E-state index is 2.33. The molecule has 4 rings (SSSR count). The first kappa shape index (κ1) is 16.6. The van der Waals surface area contributed by atoms with Crippen LogP contribution in [0.15, 0.2) is 48.6 Å². The van der Waals surface area contributed by atoms with E-state index in [1.807, 2.05) is 0 Å². The van der Waals surface area contributed by atoms with E-state index in [2.05, 4.69) is 60.7 Å². The molecule has 2 aliphatic rings. The molecule has 2 aliphatic carbocycles. The second-order valence-corrected chi connectivity index (χ2v) is 7.17. The zero-order valence-corrected chi connectivity index (χ0v) is 14.5. The predicted octanol–water partition coefficient (Wildman–Crippen LogP) is -3.13. The van der Waals surface area contributed by atoms with Crippen LogP contribution in [0, 0.1) is 0 Å². The van der Waals surface area contributed by atoms with E-state index in [9.17, 15) is 0 Å². The Balaban J connectivity index is 0.000000807. The van der Waals surface area contributed by atoms with Crippen LogP contribution in [-0.4, -0.2) is 0 Å². The Kier molecular flexibility index (Phi) is 5.51. The number of rotatable bonds is 2. The van der Waals surface area contributed by atoms with E-state index in [1.165, 1.54) is 22.3 Å². The van der Waals surface area contributed by atoms with Gasteiger partial charge in [0.2, 0.25) is 0 Å². The molecule has 0 aromatic heterocycles. The minimum Gasteiger partial charge on any atom is -1.00 e. The molecule has 0 bridgehead atoms. The van der Waals surface area contributed by atoms with Crippen molar-refractivity contribution in [3.05, 3.63) is 70.8 Å². The van der Waals surface area contributed by atoms with Crippen molar-refractivity contribution in [3.8, 4) is 0 Å². The van der Waals surface area contributed by atoms with Crippen molar-refractivity contribution < 1.29 is 44.0 Å². The van der Waals surface area contributed by atoms with Gasteiger partial charge in [-0.1, -0.05) is 0 Å². The van der Waals surface area contributed by atoms with Crippen molar-refractivity contribution in [1.29, 1.82) is 0 Å². The average Bonchev–Trinajstić information content (AvgIpc) is 3.08. The van der Waals surface area contributed by atoms with Gasteiger partial charge in [-0.05, 0) is 0 Å². The molecule has 0 saturated heterocycles. The molecular formula is C18H14Cl2Ti. The number of benzene rings is 2. The molecule has 0 fully saturated rings. The molecule has 0 radical (unpaired) electrons. The minimum atomic E-state index is -0.237. The smallest absolute Gasteiger partial charge is 1.00 e. The maximum Gasteiger partial charge on any atom is -1.00 e. The van der Waals surface area contributed by atoms with Gasteiger partial charge in [0.25, 0.3) is 0 Å². The Hall–Kier alpha value is -0.786. The quantitative estimate of drug-likeness (QED) is 0.503. The van der Waals surface area contributed by atoms with Crippen LogP contribution in [0.4, 0.5) is 0 Å². The van der Waals surface area contributed by atoms with Gasteiger partial charge in [-0.15, -0.1) is 0 Å². The summed E-state index contributed by atoms with van der Waals surface area (Å²) in [6.07, 6.45) is 11.4. The van der Waals surface area contributed by atoms with Crippen LogP contribution < -0.4 is 32.6 Å². The van der Waals surface area contributed by atoms with E-state index >= 15 is 0 Å². The Morgan fingerprint density at radius 1 is 0.667 bits per heavy atom. The summed E-state index contributed by atoms with van der Waals surface area (Å²) in [4.78, 5) is 0.